The zero-order valence-electron chi connectivity index (χ0n) is 53.0. The van der Waals surface area contributed by atoms with E-state index in [1.807, 2.05) is 21.1 Å². The molecule has 0 rings (SSSR count). The third-order valence-electron chi connectivity index (χ3n) is 12.3. The first-order chi connectivity index (χ1) is 41.0. The summed E-state index contributed by atoms with van der Waals surface area (Å²) in [6, 6.07) is 0. The van der Waals surface area contributed by atoms with Gasteiger partial charge in [-0.15, -0.1) is 0 Å². The Morgan fingerprint density at radius 2 is 0.643 bits per heavy atom. The lowest BCUT2D eigenvalue weighted by Gasteiger charge is -2.28. The van der Waals surface area contributed by atoms with Crippen molar-refractivity contribution in [1.82, 2.24) is 0 Å². The van der Waals surface area contributed by atoms with Gasteiger partial charge in [-0.05, 0) is 148 Å². The fourth-order valence-electron chi connectivity index (χ4n) is 7.48. The van der Waals surface area contributed by atoms with Crippen LogP contribution < -0.4 is 4.89 Å². The zero-order chi connectivity index (χ0) is 61.2. The Morgan fingerprint density at radius 1 is 0.369 bits per heavy atom. The molecule has 2 unspecified atom stereocenters. The summed E-state index contributed by atoms with van der Waals surface area (Å²) in [5.74, 6) is -0.927. The van der Waals surface area contributed by atoms with E-state index in [0.29, 0.717) is 23.9 Å². The monoisotopic (exact) mass is 1180 g/mol. The lowest BCUT2D eigenvalue weighted by molar-refractivity contribution is -0.870. The highest BCUT2D eigenvalue weighted by molar-refractivity contribution is 7.45. The molecule has 0 fully saturated rings. The number of rotatable bonds is 55. The van der Waals surface area contributed by atoms with Gasteiger partial charge in [0.05, 0.1) is 27.7 Å². The van der Waals surface area contributed by atoms with E-state index in [4.69, 9.17) is 18.5 Å². The first-order valence-corrected chi connectivity index (χ1v) is 33.3. The van der Waals surface area contributed by atoms with Crippen LogP contribution in [-0.2, 0) is 32.7 Å². The maximum atomic E-state index is 12.8. The van der Waals surface area contributed by atoms with Gasteiger partial charge in [-0.25, -0.2) is 0 Å². The van der Waals surface area contributed by atoms with E-state index in [1.54, 1.807) is 0 Å². The number of carbonyl (C=O) groups is 2. The second-order valence-electron chi connectivity index (χ2n) is 21.3. The number of allylic oxidation sites excluding steroid dienone is 34. The van der Waals surface area contributed by atoms with Crippen LogP contribution in [-0.4, -0.2) is 70.0 Å². The molecule has 0 aromatic heterocycles. The van der Waals surface area contributed by atoms with Crippen molar-refractivity contribution in [3.8, 4) is 0 Å². The molecule has 468 valence electrons. The van der Waals surface area contributed by atoms with Gasteiger partial charge in [0.1, 0.15) is 19.8 Å². The maximum absolute atomic E-state index is 12.8. The smallest absolute Gasteiger partial charge is 0.306 e. The molecule has 0 aromatic rings. The largest absolute Gasteiger partial charge is 0.756 e. The lowest BCUT2D eigenvalue weighted by atomic mass is 10.1. The van der Waals surface area contributed by atoms with E-state index >= 15 is 0 Å². The molecular formula is C74H114NO8P. The van der Waals surface area contributed by atoms with Crippen molar-refractivity contribution in [1.29, 1.82) is 0 Å². The number of phosphoric acid groups is 1. The molecule has 10 heteroatoms. The summed E-state index contributed by atoms with van der Waals surface area (Å²) >= 11 is 0. The Balaban J connectivity index is 4.28. The predicted octanol–water partition coefficient (Wildman–Crippen LogP) is 20.1. The first kappa shape index (κ1) is 78.6. The van der Waals surface area contributed by atoms with E-state index in [9.17, 15) is 19.0 Å². The minimum atomic E-state index is -4.67. The van der Waals surface area contributed by atoms with E-state index in [2.05, 4.69) is 220 Å². The molecule has 0 aromatic carbocycles. The molecule has 0 aliphatic heterocycles. The summed E-state index contributed by atoms with van der Waals surface area (Å²) in [5.41, 5.74) is 0. The Labute approximate surface area is 513 Å². The van der Waals surface area contributed by atoms with Gasteiger partial charge in [0.25, 0.3) is 7.82 Å². The summed E-state index contributed by atoms with van der Waals surface area (Å²) in [4.78, 5) is 37.9. The Kier molecular flexibility index (Phi) is 58.1. The van der Waals surface area contributed by atoms with E-state index < -0.39 is 32.5 Å². The quantitative estimate of drug-likeness (QED) is 0.0195. The number of esters is 2. The van der Waals surface area contributed by atoms with Crippen molar-refractivity contribution in [3.63, 3.8) is 0 Å². The summed E-state index contributed by atoms with van der Waals surface area (Å²) in [6.07, 6.45) is 98.9. The molecule has 0 N–H and O–H groups in total. The van der Waals surface area contributed by atoms with Crippen molar-refractivity contribution in [2.24, 2.45) is 0 Å². The Morgan fingerprint density at radius 3 is 0.976 bits per heavy atom. The van der Waals surface area contributed by atoms with Crippen LogP contribution in [0.4, 0.5) is 0 Å². The molecule has 0 aliphatic rings. The lowest BCUT2D eigenvalue weighted by Crippen LogP contribution is -2.37. The van der Waals surface area contributed by atoms with Crippen LogP contribution in [0.5, 0.6) is 0 Å². The van der Waals surface area contributed by atoms with Crippen LogP contribution in [0.15, 0.2) is 207 Å². The summed E-state index contributed by atoms with van der Waals surface area (Å²) < 4.78 is 34.1. The second kappa shape index (κ2) is 62.1. The first-order valence-electron chi connectivity index (χ1n) is 31.8. The number of nitrogens with zero attached hydrogens (tertiary/aromatic N) is 1. The molecule has 84 heavy (non-hydrogen) atoms. The van der Waals surface area contributed by atoms with Gasteiger partial charge in [0.2, 0.25) is 0 Å². The Bertz CT molecular complexity index is 2170. The molecule has 0 saturated heterocycles. The van der Waals surface area contributed by atoms with E-state index in [0.717, 1.165) is 154 Å². The van der Waals surface area contributed by atoms with Gasteiger partial charge in [-0.1, -0.05) is 240 Å². The van der Waals surface area contributed by atoms with E-state index in [1.165, 1.54) is 0 Å². The van der Waals surface area contributed by atoms with Crippen LogP contribution in [0.1, 0.15) is 194 Å². The topological polar surface area (TPSA) is 111 Å². The molecule has 0 bridgehead atoms. The minimum absolute atomic E-state index is 0.0548. The molecule has 9 nitrogen and oxygen atoms in total. The highest BCUT2D eigenvalue weighted by Gasteiger charge is 2.21. The van der Waals surface area contributed by atoms with Gasteiger partial charge in [0, 0.05) is 12.8 Å². The number of likely N-dealkylation sites (N-methyl/N-ethyl adjacent to an activating group) is 1. The van der Waals surface area contributed by atoms with Crippen molar-refractivity contribution >= 4 is 19.8 Å². The number of quaternary nitrogens is 1. The van der Waals surface area contributed by atoms with Crippen molar-refractivity contribution in [3.05, 3.63) is 207 Å². The average molecular weight is 1180 g/mol. The van der Waals surface area contributed by atoms with Gasteiger partial charge in [-0.2, -0.15) is 0 Å². The molecular weight excluding hydrogens is 1060 g/mol. The number of hydrogen-bond donors (Lipinski definition) is 0. The summed E-state index contributed by atoms with van der Waals surface area (Å²) in [6.45, 7) is 3.89. The molecule has 0 radical (unpaired) electrons. The third kappa shape index (κ3) is 65.7. The van der Waals surface area contributed by atoms with Crippen molar-refractivity contribution in [2.45, 2.75) is 200 Å². The predicted molar refractivity (Wildman–Crippen MR) is 359 cm³/mol. The molecule has 0 heterocycles. The molecule has 0 aliphatic carbocycles. The molecule has 0 spiro atoms. The SMILES string of the molecule is CC/C=C\C/C=C\C/C=C\C/C=C\C/C=C\C/C=C\C/C=C\C/C=C\C/C=C\C/C=C\C/C=C\CCCCCCCC(=O)OC(COC(=O)CCCC/C=C\C/C=C\C/C=C\C/C=C\C/C=C\C/C=C\CC)COP(=O)([O-])OCC[N+](C)(C)C. The number of unbranched alkanes of at least 4 members (excludes halogenated alkanes) is 7. The molecule has 0 saturated carbocycles. The van der Waals surface area contributed by atoms with Crippen LogP contribution in [0.25, 0.3) is 0 Å². The maximum Gasteiger partial charge on any atom is 0.306 e. The molecule has 0 amide bonds. The Hall–Kier alpha value is -5.41. The number of ether oxygens (including phenoxy) is 2. The fraction of sp³-hybridized carbons (Fsp3) is 0.514. The minimum Gasteiger partial charge on any atom is -0.756 e. The van der Waals surface area contributed by atoms with Gasteiger partial charge >= 0.3 is 11.9 Å². The van der Waals surface area contributed by atoms with Crippen LogP contribution >= 0.6 is 7.82 Å². The zero-order valence-corrected chi connectivity index (χ0v) is 53.9. The number of carbonyl (C=O) groups excluding carboxylic acids is 2. The van der Waals surface area contributed by atoms with Crippen LogP contribution in [0, 0.1) is 0 Å². The number of phosphoric ester groups is 1. The highest BCUT2D eigenvalue weighted by atomic mass is 31.2. The fourth-order valence-corrected chi connectivity index (χ4v) is 8.21. The van der Waals surface area contributed by atoms with Crippen molar-refractivity contribution < 1.29 is 42.1 Å². The average Bonchev–Trinajstić information content (AvgIpc) is 3.61. The van der Waals surface area contributed by atoms with Gasteiger partial charge < -0.3 is 27.9 Å². The summed E-state index contributed by atoms with van der Waals surface area (Å²) in [7, 11) is 1.09. The number of hydrogen-bond acceptors (Lipinski definition) is 8. The molecule has 2 atom stereocenters. The second-order valence-corrected chi connectivity index (χ2v) is 22.7. The van der Waals surface area contributed by atoms with E-state index in [-0.39, 0.29) is 26.1 Å². The van der Waals surface area contributed by atoms with Crippen molar-refractivity contribution in [2.75, 3.05) is 47.5 Å². The van der Waals surface area contributed by atoms with Crippen LogP contribution in [0.2, 0.25) is 0 Å². The van der Waals surface area contributed by atoms with Gasteiger partial charge in [0.15, 0.2) is 6.10 Å². The standard InChI is InChI=1S/C74H114NO8P/c1-6-8-10-12-14-16-18-20-22-24-26-28-29-30-31-32-33-34-35-36-37-38-39-40-41-42-43-44-45-47-49-51-53-55-57-59-61-63-65-67-74(77)83-72(71-82-84(78,79)81-69-68-75(3,4)5)70-80-73(76)66-64-62-60-58-56-54-52-50-48-46-27-25-23-21-19-17-15-13-11-9-7-2/h8-11,14-17,20-23,26-28,30-31,33-34,36-37,39-40,42-43,45-47,50-53,56,58,72H,6-7,12-13,18-19,24-25,29,32,35,38,41,44,48-49,54-55,57,59-71H2,1-5H3/b10-8-,11-9-,16-14-,17-15-,22-20-,23-21-,28-26-,31-30-,34-33-,37-36-,40-39-,43-42-,46-27-,47-45-,52-50-,53-51-,58-56-. The third-order valence-corrected chi connectivity index (χ3v) is 13.3. The normalized spacial score (nSPS) is 14.6. The summed E-state index contributed by atoms with van der Waals surface area (Å²) in [5, 5.41) is 0. The van der Waals surface area contributed by atoms with Gasteiger partial charge in [-0.3, -0.25) is 14.2 Å². The van der Waals surface area contributed by atoms with Crippen LogP contribution in [0.3, 0.4) is 0 Å². The highest BCUT2D eigenvalue weighted by Crippen LogP contribution is 2.38.